The van der Waals surface area contributed by atoms with Crippen molar-refractivity contribution in [3.8, 4) is 16.9 Å². The van der Waals surface area contributed by atoms with Gasteiger partial charge in [0.25, 0.3) is 0 Å². The quantitative estimate of drug-likeness (QED) is 0.245. The lowest BCUT2D eigenvalue weighted by Gasteiger charge is -2.24. The molecule has 5 aromatic rings. The Bertz CT molecular complexity index is 1550. The highest BCUT2D eigenvalue weighted by atomic mass is 16.5. The Kier molecular flexibility index (Phi) is 8.04. The van der Waals surface area contributed by atoms with Crippen LogP contribution in [0, 0.1) is 0 Å². The number of aromatic amines is 1. The molecule has 1 aromatic carbocycles. The number of hydrogen-bond donors (Lipinski definition) is 1. The number of nitrogens with one attached hydrogen (secondary N) is 1. The largest absolute Gasteiger partial charge is 0.495 e. The molecule has 1 atom stereocenters. The number of ketones is 1. The summed E-state index contributed by atoms with van der Waals surface area (Å²) in [6, 6.07) is 11.7. The second-order valence-corrected chi connectivity index (χ2v) is 9.43. The third-order valence-corrected chi connectivity index (χ3v) is 6.68. The average Bonchev–Trinajstić information content (AvgIpc) is 3.62. The van der Waals surface area contributed by atoms with Crippen molar-refractivity contribution in [1.82, 2.24) is 34.8 Å². The number of rotatable bonds is 12. The molecular weight excluding hydrogens is 494 g/mol. The lowest BCUT2D eigenvalue weighted by Crippen LogP contribution is -2.31. The first-order valence-corrected chi connectivity index (χ1v) is 12.7. The fourth-order valence-electron chi connectivity index (χ4n) is 4.56. The summed E-state index contributed by atoms with van der Waals surface area (Å²) in [4.78, 5) is 24.0. The first-order valence-electron chi connectivity index (χ1n) is 12.7. The van der Waals surface area contributed by atoms with Crippen LogP contribution in [0.5, 0.6) is 5.75 Å². The molecular formula is C29H31N7O3. The minimum atomic E-state index is -0.0771. The van der Waals surface area contributed by atoms with Gasteiger partial charge in [0.1, 0.15) is 11.4 Å². The predicted molar refractivity (Wildman–Crippen MR) is 148 cm³/mol. The zero-order valence-corrected chi connectivity index (χ0v) is 22.2. The van der Waals surface area contributed by atoms with Crippen LogP contribution in [0.25, 0.3) is 22.0 Å². The summed E-state index contributed by atoms with van der Waals surface area (Å²) in [5.41, 5.74) is 4.94. The summed E-state index contributed by atoms with van der Waals surface area (Å²) >= 11 is 0. The Balaban J connectivity index is 1.34. The summed E-state index contributed by atoms with van der Waals surface area (Å²) < 4.78 is 12.4. The van der Waals surface area contributed by atoms with E-state index in [0.29, 0.717) is 18.1 Å². The lowest BCUT2D eigenvalue weighted by atomic mass is 10.0. The van der Waals surface area contributed by atoms with Gasteiger partial charge in [0.2, 0.25) is 0 Å². The van der Waals surface area contributed by atoms with E-state index in [2.05, 4.69) is 37.2 Å². The number of carbonyl (C=O) groups is 1. The van der Waals surface area contributed by atoms with E-state index in [1.165, 1.54) is 0 Å². The molecule has 39 heavy (non-hydrogen) atoms. The Morgan fingerprint density at radius 1 is 1.08 bits per heavy atom. The third-order valence-electron chi connectivity index (χ3n) is 6.68. The van der Waals surface area contributed by atoms with Crippen LogP contribution in [-0.4, -0.2) is 81.6 Å². The van der Waals surface area contributed by atoms with Gasteiger partial charge in [-0.2, -0.15) is 10.2 Å². The lowest BCUT2D eigenvalue weighted by molar-refractivity contribution is 0.0989. The molecule has 10 heteroatoms. The fraction of sp³-hybridized carbons (Fsp3) is 0.276. The highest BCUT2D eigenvalue weighted by Crippen LogP contribution is 2.27. The first-order chi connectivity index (χ1) is 19.1. The number of ether oxygens (including phenoxy) is 2. The Hall–Kier alpha value is -4.41. The molecule has 0 saturated heterocycles. The number of methoxy groups -OCH3 is 2. The molecule has 0 fully saturated rings. The summed E-state index contributed by atoms with van der Waals surface area (Å²) in [6.07, 6.45) is 10.9. The number of aromatic nitrogens is 6. The van der Waals surface area contributed by atoms with Crippen LogP contribution < -0.4 is 4.74 Å². The maximum Gasteiger partial charge on any atom is 0.188 e. The van der Waals surface area contributed by atoms with Gasteiger partial charge in [-0.3, -0.25) is 24.5 Å². The maximum absolute atomic E-state index is 13.3. The van der Waals surface area contributed by atoms with Gasteiger partial charge in [0, 0.05) is 62.4 Å². The SMILES string of the molecule is COCCN(C)CC(c1cccnc1)n1cc(CC(=O)c2n[nH]c3cc(-c4cncc(OC)c4)ccc23)cn1. The molecule has 0 aliphatic heterocycles. The number of pyridine rings is 2. The number of hydrogen-bond acceptors (Lipinski definition) is 8. The number of nitrogens with zero attached hydrogens (tertiary/aromatic N) is 6. The number of fused-ring (bicyclic) bond motifs is 1. The maximum atomic E-state index is 13.3. The minimum Gasteiger partial charge on any atom is -0.495 e. The molecule has 0 saturated carbocycles. The Morgan fingerprint density at radius 2 is 1.97 bits per heavy atom. The molecule has 0 aliphatic carbocycles. The van der Waals surface area contributed by atoms with Crippen LogP contribution in [0.3, 0.4) is 0 Å². The highest BCUT2D eigenvalue weighted by molar-refractivity contribution is 6.07. The number of Topliss-reactive ketones (excluding diaryl/α,β-unsaturated/α-hetero) is 1. The van der Waals surface area contributed by atoms with Crippen molar-refractivity contribution in [3.63, 3.8) is 0 Å². The molecule has 0 spiro atoms. The Labute approximate surface area is 226 Å². The normalized spacial score (nSPS) is 12.2. The van der Waals surface area contributed by atoms with Crippen LogP contribution in [-0.2, 0) is 11.2 Å². The number of likely N-dealkylation sites (N-methyl/N-ethyl adjacent to an activating group) is 1. The molecule has 0 bridgehead atoms. The molecule has 1 unspecified atom stereocenters. The van der Waals surface area contributed by atoms with Crippen molar-refractivity contribution in [3.05, 3.63) is 90.4 Å². The zero-order valence-electron chi connectivity index (χ0n) is 22.2. The van der Waals surface area contributed by atoms with E-state index >= 15 is 0 Å². The molecule has 0 aliphatic rings. The van der Waals surface area contributed by atoms with E-state index in [1.54, 1.807) is 39.0 Å². The smallest absolute Gasteiger partial charge is 0.188 e. The van der Waals surface area contributed by atoms with Gasteiger partial charge in [-0.1, -0.05) is 12.1 Å². The Morgan fingerprint density at radius 3 is 2.77 bits per heavy atom. The van der Waals surface area contributed by atoms with E-state index in [0.717, 1.165) is 46.2 Å². The van der Waals surface area contributed by atoms with Crippen molar-refractivity contribution in [2.75, 3.05) is 41.0 Å². The molecule has 5 rings (SSSR count). The van der Waals surface area contributed by atoms with E-state index in [4.69, 9.17) is 9.47 Å². The van der Waals surface area contributed by atoms with Crippen LogP contribution in [0.2, 0.25) is 0 Å². The molecule has 0 amide bonds. The van der Waals surface area contributed by atoms with Crippen molar-refractivity contribution < 1.29 is 14.3 Å². The summed E-state index contributed by atoms with van der Waals surface area (Å²) in [7, 11) is 5.36. The first kappa shape index (κ1) is 26.2. The summed E-state index contributed by atoms with van der Waals surface area (Å²) in [6.45, 7) is 2.16. The van der Waals surface area contributed by atoms with E-state index in [1.807, 2.05) is 53.5 Å². The van der Waals surface area contributed by atoms with Crippen LogP contribution >= 0.6 is 0 Å². The van der Waals surface area contributed by atoms with Crippen molar-refractivity contribution in [2.45, 2.75) is 12.5 Å². The minimum absolute atomic E-state index is 0.0554. The van der Waals surface area contributed by atoms with Crippen LogP contribution in [0.1, 0.15) is 27.7 Å². The van der Waals surface area contributed by atoms with Crippen molar-refractivity contribution in [2.24, 2.45) is 0 Å². The molecule has 0 radical (unpaired) electrons. The number of benzene rings is 1. The summed E-state index contributed by atoms with van der Waals surface area (Å²) in [5, 5.41) is 12.8. The second kappa shape index (κ2) is 12.0. The zero-order chi connectivity index (χ0) is 27.2. The molecule has 4 heterocycles. The fourth-order valence-corrected chi connectivity index (χ4v) is 4.56. The van der Waals surface area contributed by atoms with Gasteiger partial charge in [-0.05, 0) is 48.0 Å². The van der Waals surface area contributed by atoms with Crippen molar-refractivity contribution >= 4 is 16.7 Å². The monoisotopic (exact) mass is 525 g/mol. The summed E-state index contributed by atoms with van der Waals surface area (Å²) in [5.74, 6) is 0.604. The average molecular weight is 526 g/mol. The topological polar surface area (TPSA) is 111 Å². The van der Waals surface area contributed by atoms with Gasteiger partial charge in [0.15, 0.2) is 5.78 Å². The van der Waals surface area contributed by atoms with Gasteiger partial charge in [-0.15, -0.1) is 0 Å². The van der Waals surface area contributed by atoms with Crippen LogP contribution in [0.15, 0.2) is 73.6 Å². The van der Waals surface area contributed by atoms with Gasteiger partial charge in [0.05, 0.1) is 37.7 Å². The highest BCUT2D eigenvalue weighted by Gasteiger charge is 2.20. The van der Waals surface area contributed by atoms with Crippen LogP contribution in [0.4, 0.5) is 0 Å². The third kappa shape index (κ3) is 6.02. The molecule has 4 aromatic heterocycles. The van der Waals surface area contributed by atoms with E-state index in [9.17, 15) is 4.79 Å². The van der Waals surface area contributed by atoms with Gasteiger partial charge >= 0.3 is 0 Å². The second-order valence-electron chi connectivity index (χ2n) is 9.43. The molecule has 10 nitrogen and oxygen atoms in total. The standard InChI is InChI=1S/C29H31N7O3/c1-35(9-10-38-2)19-27(22-5-4-8-30-15-22)36-18-20(14-32-36)11-28(37)29-25-7-6-21(13-26(25)33-34-29)23-12-24(39-3)17-31-16-23/h4-8,12-18,27H,9-11,19H2,1-3H3,(H,33,34). The molecule has 1 N–H and O–H groups in total. The van der Waals surface area contributed by atoms with E-state index < -0.39 is 0 Å². The number of H-pyrrole nitrogens is 1. The molecule has 200 valence electrons. The number of carbonyl (C=O) groups excluding carboxylic acids is 1. The van der Waals surface area contributed by atoms with Gasteiger partial charge in [-0.25, -0.2) is 0 Å². The van der Waals surface area contributed by atoms with E-state index in [-0.39, 0.29) is 18.2 Å². The predicted octanol–water partition coefficient (Wildman–Crippen LogP) is 3.82. The van der Waals surface area contributed by atoms with Crippen molar-refractivity contribution in [1.29, 1.82) is 0 Å². The van der Waals surface area contributed by atoms with Gasteiger partial charge < -0.3 is 14.4 Å².